The second kappa shape index (κ2) is 15.6. The molecule has 0 unspecified atom stereocenters. The number of hydrogen-bond acceptors (Lipinski definition) is 7. The number of ether oxygens (including phenoxy) is 1. The largest absolute Gasteiger partial charge is 0.512 e. The van der Waals surface area contributed by atoms with E-state index in [1.165, 1.54) is 19.9 Å². The van der Waals surface area contributed by atoms with Crippen LogP contribution in [0.25, 0.3) is 11.1 Å². The Morgan fingerprint density at radius 3 is 2.57 bits per heavy atom. The molecule has 1 aliphatic heterocycles. The molecule has 46 heavy (non-hydrogen) atoms. The Bertz CT molecular complexity index is 1650. The van der Waals surface area contributed by atoms with Gasteiger partial charge in [0.2, 0.25) is 5.91 Å². The molecule has 2 aromatic rings. The van der Waals surface area contributed by atoms with Gasteiger partial charge in [0.15, 0.2) is 0 Å². The van der Waals surface area contributed by atoms with E-state index in [-0.39, 0.29) is 53.6 Å². The molecule has 3 N–H and O–H groups in total. The quantitative estimate of drug-likeness (QED) is 0.154. The standard InChI is InChI=1S/C35H46N4O6S.H2/c1-5-7-12-33-37-20-27-19-29(41)18-26(27)14-16-34(42)39(33)21-25-13-15-30(28(17-25)22-45-6-2)31-10-8-9-11-32(31)46(43,44)38-35(36)23(3)24(4)40;/h8-11,13,15,17,26-27,40H,5-7,12,14,16,18-22H2,1-4H3,(H2,36,38);1H/b24-23-,37-33?;/t26-,27-;/m1./s1. The average Bonchev–Trinajstić information content (AvgIpc) is 3.41. The van der Waals surface area contributed by atoms with Crippen LogP contribution in [-0.2, 0) is 37.5 Å². The summed E-state index contributed by atoms with van der Waals surface area (Å²) in [6.07, 6.45) is 4.66. The molecule has 2 aromatic carbocycles. The fourth-order valence-corrected chi connectivity index (χ4v) is 7.25. The number of nitrogens with zero attached hydrogens (tertiary/aromatic N) is 3. The van der Waals surface area contributed by atoms with E-state index in [1.54, 1.807) is 23.1 Å². The minimum Gasteiger partial charge on any atom is -0.512 e. The maximum absolute atomic E-state index is 13.7. The molecule has 0 bridgehead atoms. The molecular formula is C35H48N4O6S. The topological polar surface area (TPSA) is 152 Å². The van der Waals surface area contributed by atoms with Gasteiger partial charge >= 0.3 is 0 Å². The fourth-order valence-electron chi connectivity index (χ4n) is 6.05. The van der Waals surface area contributed by atoms with Crippen LogP contribution in [0.15, 0.2) is 68.1 Å². The molecule has 4 rings (SSSR count). The smallest absolute Gasteiger partial charge is 0.284 e. The highest BCUT2D eigenvalue weighted by atomic mass is 32.2. The molecule has 2 atom stereocenters. The number of benzene rings is 2. The monoisotopic (exact) mass is 652 g/mol. The first-order chi connectivity index (χ1) is 21.9. The van der Waals surface area contributed by atoms with Crippen molar-refractivity contribution >= 4 is 33.4 Å². The molecule has 0 aromatic heterocycles. The lowest BCUT2D eigenvalue weighted by Gasteiger charge is -2.25. The molecule has 11 heteroatoms. The number of nitrogens with two attached hydrogens (primary N) is 1. The van der Waals surface area contributed by atoms with Gasteiger partial charge in [0.05, 0.1) is 23.8 Å². The van der Waals surface area contributed by atoms with Crippen molar-refractivity contribution < 1.29 is 29.3 Å². The van der Waals surface area contributed by atoms with Gasteiger partial charge in [-0.2, -0.15) is 8.42 Å². The maximum atomic E-state index is 13.7. The number of amides is 1. The van der Waals surface area contributed by atoms with Gasteiger partial charge in [-0.1, -0.05) is 49.7 Å². The number of aliphatic hydroxyl groups is 1. The van der Waals surface area contributed by atoms with E-state index < -0.39 is 10.0 Å². The van der Waals surface area contributed by atoms with E-state index in [0.29, 0.717) is 62.9 Å². The van der Waals surface area contributed by atoms with Gasteiger partial charge in [-0.15, -0.1) is 4.40 Å². The molecule has 1 amide bonds. The number of fused-ring (bicyclic) bond motifs is 1. The molecular weight excluding hydrogens is 604 g/mol. The number of amidine groups is 2. The third-order valence-electron chi connectivity index (χ3n) is 8.82. The lowest BCUT2D eigenvalue weighted by atomic mass is 9.91. The third kappa shape index (κ3) is 8.50. The molecule has 10 nitrogen and oxygen atoms in total. The van der Waals surface area contributed by atoms with Crippen molar-refractivity contribution in [3.8, 4) is 11.1 Å². The summed E-state index contributed by atoms with van der Waals surface area (Å²) in [5.74, 6) is 1.02. The Hall–Kier alpha value is -3.83. The summed E-state index contributed by atoms with van der Waals surface area (Å²) in [6, 6.07) is 12.3. The van der Waals surface area contributed by atoms with Crippen molar-refractivity contribution in [2.45, 2.75) is 90.7 Å². The molecule has 0 radical (unpaired) electrons. The molecule has 0 saturated heterocycles. The highest BCUT2D eigenvalue weighted by Gasteiger charge is 2.35. The minimum atomic E-state index is -4.24. The van der Waals surface area contributed by atoms with Crippen LogP contribution >= 0.6 is 0 Å². The maximum Gasteiger partial charge on any atom is 0.284 e. The Balaban J connectivity index is 0.00000600. The Labute approximate surface area is 274 Å². The van der Waals surface area contributed by atoms with Crippen LogP contribution in [0.3, 0.4) is 0 Å². The Kier molecular flexibility index (Phi) is 11.9. The zero-order valence-corrected chi connectivity index (χ0v) is 28.1. The van der Waals surface area contributed by atoms with Crippen molar-refractivity contribution in [2.24, 2.45) is 27.0 Å². The lowest BCUT2D eigenvalue weighted by Crippen LogP contribution is -2.36. The molecule has 1 aliphatic carbocycles. The van der Waals surface area contributed by atoms with E-state index in [4.69, 9.17) is 15.5 Å². The van der Waals surface area contributed by atoms with E-state index in [0.717, 1.165) is 29.8 Å². The van der Waals surface area contributed by atoms with Gasteiger partial charge in [-0.25, -0.2) is 0 Å². The minimum absolute atomic E-state index is 0. The molecule has 1 fully saturated rings. The molecule has 2 aliphatic rings. The highest BCUT2D eigenvalue weighted by Crippen LogP contribution is 2.35. The number of ketones is 1. The van der Waals surface area contributed by atoms with Crippen molar-refractivity contribution in [3.63, 3.8) is 0 Å². The van der Waals surface area contributed by atoms with Crippen molar-refractivity contribution in [2.75, 3.05) is 13.2 Å². The zero-order valence-electron chi connectivity index (χ0n) is 27.3. The fraction of sp³-hybridized carbons (Fsp3) is 0.486. The first-order valence-corrected chi connectivity index (χ1v) is 17.5. The van der Waals surface area contributed by atoms with Gasteiger partial charge in [0.1, 0.15) is 17.5 Å². The van der Waals surface area contributed by atoms with E-state index in [2.05, 4.69) is 11.3 Å². The van der Waals surface area contributed by atoms with Crippen LogP contribution in [0.5, 0.6) is 0 Å². The lowest BCUT2D eigenvalue weighted by molar-refractivity contribution is -0.128. The second-order valence-electron chi connectivity index (χ2n) is 12.1. The third-order valence-corrected chi connectivity index (χ3v) is 10.2. The first kappa shape index (κ1) is 35.0. The van der Waals surface area contributed by atoms with Crippen LogP contribution in [0, 0.1) is 11.8 Å². The number of carbonyl (C=O) groups excluding carboxylic acids is 2. The number of Topliss-reactive ketones (excluding diaryl/α,β-unsaturated/α-hetero) is 1. The van der Waals surface area contributed by atoms with E-state index in [9.17, 15) is 23.1 Å². The van der Waals surface area contributed by atoms with Gasteiger partial charge in [0.25, 0.3) is 10.0 Å². The van der Waals surface area contributed by atoms with E-state index >= 15 is 0 Å². The van der Waals surface area contributed by atoms with Crippen LogP contribution in [0.2, 0.25) is 0 Å². The SMILES string of the molecule is CCCCC1=NC[C@H]2CC(=O)C[C@H]2CCC(=O)N1Cc1ccc(-c2ccccc2S(=O)(=O)/N=C(N)\C(C)=C(\C)O)c(COCC)c1.[HH]. The van der Waals surface area contributed by atoms with Crippen molar-refractivity contribution in [1.82, 2.24) is 4.90 Å². The summed E-state index contributed by atoms with van der Waals surface area (Å²) in [7, 11) is -4.24. The van der Waals surface area contributed by atoms with Gasteiger partial charge in [-0.3, -0.25) is 19.5 Å². The molecule has 1 heterocycles. The summed E-state index contributed by atoms with van der Waals surface area (Å²) < 4.78 is 36.6. The number of unbranched alkanes of at least 4 members (excludes halogenated alkanes) is 1. The normalized spacial score (nSPS) is 20.0. The first-order valence-electron chi connectivity index (χ1n) is 16.1. The number of allylic oxidation sites excluding steroid dienone is 1. The van der Waals surface area contributed by atoms with Gasteiger partial charge in [0, 0.05) is 51.4 Å². The Morgan fingerprint density at radius 1 is 1.11 bits per heavy atom. The van der Waals surface area contributed by atoms with Crippen molar-refractivity contribution in [1.29, 1.82) is 0 Å². The summed E-state index contributed by atoms with van der Waals surface area (Å²) >= 11 is 0. The summed E-state index contributed by atoms with van der Waals surface area (Å²) in [4.78, 5) is 32.6. The number of hydrogen-bond donors (Lipinski definition) is 2. The van der Waals surface area contributed by atoms with Crippen LogP contribution < -0.4 is 5.73 Å². The van der Waals surface area contributed by atoms with Crippen LogP contribution in [0.4, 0.5) is 0 Å². The predicted molar refractivity (Wildman–Crippen MR) is 182 cm³/mol. The Morgan fingerprint density at radius 2 is 1.85 bits per heavy atom. The average molecular weight is 653 g/mol. The summed E-state index contributed by atoms with van der Waals surface area (Å²) in [5, 5.41) is 9.79. The van der Waals surface area contributed by atoms with Crippen molar-refractivity contribution in [3.05, 3.63) is 64.9 Å². The number of rotatable bonds is 12. The number of carbonyl (C=O) groups is 2. The predicted octanol–water partition coefficient (Wildman–Crippen LogP) is 6.34. The highest BCUT2D eigenvalue weighted by molar-refractivity contribution is 7.90. The number of aliphatic hydroxyl groups excluding tert-OH is 1. The summed E-state index contributed by atoms with van der Waals surface area (Å²) in [6.45, 7) is 8.47. The molecule has 0 spiro atoms. The molecule has 1 saturated carbocycles. The summed E-state index contributed by atoms with van der Waals surface area (Å²) in [5.41, 5.74) is 8.83. The second-order valence-corrected chi connectivity index (χ2v) is 13.7. The zero-order chi connectivity index (χ0) is 33.4. The van der Waals surface area contributed by atoms with Crippen LogP contribution in [0.1, 0.15) is 85.2 Å². The number of aliphatic imine (C=N–C) groups is 1. The van der Waals surface area contributed by atoms with E-state index in [1.807, 2.05) is 25.1 Å². The van der Waals surface area contributed by atoms with Gasteiger partial charge < -0.3 is 15.6 Å². The molecule has 250 valence electrons. The van der Waals surface area contributed by atoms with Gasteiger partial charge in [-0.05, 0) is 68.2 Å². The van der Waals surface area contributed by atoms with Crippen LogP contribution in [-0.4, -0.2) is 54.9 Å². The number of sulfonamides is 1.